The Morgan fingerprint density at radius 1 is 1.31 bits per heavy atom. The molecule has 0 aliphatic carbocycles. The Kier molecular flexibility index (Phi) is 3.01. The van der Waals surface area contributed by atoms with E-state index in [1.165, 1.54) is 30.6 Å². The molecule has 82 valence electrons. The van der Waals surface area contributed by atoms with Gasteiger partial charge < -0.3 is 4.74 Å². The lowest BCUT2D eigenvalue weighted by Crippen LogP contribution is -2.01. The number of thiophene rings is 1. The molecule has 0 radical (unpaired) electrons. The number of hydrogen-bond acceptors (Lipinski definition) is 3. The van der Waals surface area contributed by atoms with Crippen molar-refractivity contribution in [3.8, 4) is 11.1 Å². The van der Waals surface area contributed by atoms with Gasteiger partial charge in [-0.25, -0.2) is 9.18 Å². The average molecular weight is 236 g/mol. The first-order valence-electron chi connectivity index (χ1n) is 4.62. The Hall–Kier alpha value is -1.68. The van der Waals surface area contributed by atoms with Gasteiger partial charge in [0.2, 0.25) is 0 Å². The zero-order valence-electron chi connectivity index (χ0n) is 8.57. The van der Waals surface area contributed by atoms with Crippen molar-refractivity contribution in [1.29, 1.82) is 0 Å². The number of carbonyl (C=O) groups excluding carboxylic acids is 1. The van der Waals surface area contributed by atoms with Crippen LogP contribution in [0.15, 0.2) is 35.0 Å². The predicted molar refractivity (Wildman–Crippen MR) is 61.1 cm³/mol. The summed E-state index contributed by atoms with van der Waals surface area (Å²) in [6.07, 6.45) is 0. The van der Waals surface area contributed by atoms with Gasteiger partial charge in [0.05, 0.1) is 12.7 Å². The number of methoxy groups -OCH3 is 1. The molecule has 2 nitrogen and oxygen atoms in total. The van der Waals surface area contributed by atoms with E-state index in [4.69, 9.17) is 0 Å². The van der Waals surface area contributed by atoms with Gasteiger partial charge >= 0.3 is 5.97 Å². The molecule has 0 N–H and O–H groups in total. The largest absolute Gasteiger partial charge is 0.465 e. The zero-order valence-corrected chi connectivity index (χ0v) is 9.38. The van der Waals surface area contributed by atoms with Crippen molar-refractivity contribution in [2.45, 2.75) is 0 Å². The van der Waals surface area contributed by atoms with E-state index in [1.54, 1.807) is 6.07 Å². The molecule has 0 unspecified atom stereocenters. The van der Waals surface area contributed by atoms with Crippen molar-refractivity contribution in [3.05, 3.63) is 46.4 Å². The Morgan fingerprint density at radius 2 is 2.12 bits per heavy atom. The van der Waals surface area contributed by atoms with E-state index in [0.29, 0.717) is 5.56 Å². The third-order valence-electron chi connectivity index (χ3n) is 2.17. The van der Waals surface area contributed by atoms with Crippen LogP contribution in [0.3, 0.4) is 0 Å². The van der Waals surface area contributed by atoms with Gasteiger partial charge in [-0.2, -0.15) is 11.3 Å². The molecule has 0 amide bonds. The molecular weight excluding hydrogens is 227 g/mol. The Labute approximate surface area is 96.3 Å². The topological polar surface area (TPSA) is 26.3 Å². The number of ether oxygens (including phenoxy) is 1. The van der Waals surface area contributed by atoms with Gasteiger partial charge in [0.1, 0.15) is 5.82 Å². The molecule has 0 spiro atoms. The summed E-state index contributed by atoms with van der Waals surface area (Å²) in [5.74, 6) is -0.972. The summed E-state index contributed by atoms with van der Waals surface area (Å²) in [6.45, 7) is 0. The summed E-state index contributed by atoms with van der Waals surface area (Å²) < 4.78 is 17.9. The van der Waals surface area contributed by atoms with Crippen molar-refractivity contribution in [2.75, 3.05) is 7.11 Å². The van der Waals surface area contributed by atoms with Crippen LogP contribution in [0.1, 0.15) is 10.4 Å². The molecule has 1 aromatic heterocycles. The molecule has 0 aliphatic heterocycles. The molecule has 2 rings (SSSR count). The number of hydrogen-bond donors (Lipinski definition) is 0. The SMILES string of the molecule is COC(=O)c1cc(F)cc(-c2ccsc2)c1. The number of benzene rings is 1. The van der Waals surface area contributed by atoms with Crippen LogP contribution in [0, 0.1) is 5.82 Å². The minimum absolute atomic E-state index is 0.226. The van der Waals surface area contributed by atoms with Gasteiger partial charge in [-0.15, -0.1) is 0 Å². The normalized spacial score (nSPS) is 10.1. The fourth-order valence-electron chi connectivity index (χ4n) is 1.42. The minimum Gasteiger partial charge on any atom is -0.465 e. The van der Waals surface area contributed by atoms with E-state index >= 15 is 0 Å². The highest BCUT2D eigenvalue weighted by atomic mass is 32.1. The molecule has 0 fully saturated rings. The summed E-state index contributed by atoms with van der Waals surface area (Å²) in [6, 6.07) is 6.06. The maximum absolute atomic E-state index is 13.3. The molecule has 0 saturated heterocycles. The van der Waals surface area contributed by atoms with E-state index in [2.05, 4.69) is 4.74 Å². The predicted octanol–water partition coefficient (Wildman–Crippen LogP) is 3.34. The van der Waals surface area contributed by atoms with Crippen LogP contribution in [-0.4, -0.2) is 13.1 Å². The Bertz CT molecular complexity index is 506. The molecule has 2 aromatic rings. The first-order valence-corrected chi connectivity index (χ1v) is 5.56. The summed E-state index contributed by atoms with van der Waals surface area (Å²) in [4.78, 5) is 11.3. The number of rotatable bonds is 2. The second-order valence-electron chi connectivity index (χ2n) is 3.23. The maximum atomic E-state index is 13.3. The van der Waals surface area contributed by atoms with Gasteiger partial charge in [0.15, 0.2) is 0 Å². The third-order valence-corrected chi connectivity index (χ3v) is 2.86. The van der Waals surface area contributed by atoms with Crippen LogP contribution in [0.5, 0.6) is 0 Å². The summed E-state index contributed by atoms with van der Waals surface area (Å²) in [7, 11) is 1.28. The molecule has 1 aromatic carbocycles. The first kappa shape index (κ1) is 10.8. The second-order valence-corrected chi connectivity index (χ2v) is 4.01. The highest BCUT2D eigenvalue weighted by molar-refractivity contribution is 7.08. The maximum Gasteiger partial charge on any atom is 0.337 e. The number of carbonyl (C=O) groups is 1. The molecule has 0 aliphatic rings. The van der Waals surface area contributed by atoms with Crippen molar-refractivity contribution in [3.63, 3.8) is 0 Å². The highest BCUT2D eigenvalue weighted by Gasteiger charge is 2.09. The smallest absolute Gasteiger partial charge is 0.337 e. The van der Waals surface area contributed by atoms with E-state index in [0.717, 1.165) is 5.56 Å². The fraction of sp³-hybridized carbons (Fsp3) is 0.0833. The standard InChI is InChI=1S/C12H9FO2S/c1-15-12(14)10-4-9(5-11(13)6-10)8-2-3-16-7-8/h2-7H,1H3. The van der Waals surface area contributed by atoms with Gasteiger partial charge in [0.25, 0.3) is 0 Å². The second kappa shape index (κ2) is 4.45. The molecule has 4 heteroatoms. The monoisotopic (exact) mass is 236 g/mol. The summed E-state index contributed by atoms with van der Waals surface area (Å²) in [5.41, 5.74) is 1.81. The molecule has 0 atom stereocenters. The van der Waals surface area contributed by atoms with Gasteiger partial charge in [-0.05, 0) is 46.2 Å². The van der Waals surface area contributed by atoms with Crippen LogP contribution in [0.2, 0.25) is 0 Å². The van der Waals surface area contributed by atoms with Crippen molar-refractivity contribution >= 4 is 17.3 Å². The number of esters is 1. The van der Waals surface area contributed by atoms with E-state index in [1.807, 2.05) is 16.8 Å². The quantitative estimate of drug-likeness (QED) is 0.747. The third kappa shape index (κ3) is 2.12. The molecule has 0 saturated carbocycles. The van der Waals surface area contributed by atoms with Gasteiger partial charge in [-0.1, -0.05) is 0 Å². The van der Waals surface area contributed by atoms with Crippen molar-refractivity contribution in [2.24, 2.45) is 0 Å². The minimum atomic E-state index is -0.532. The lowest BCUT2D eigenvalue weighted by atomic mass is 10.1. The molecule has 1 heterocycles. The Morgan fingerprint density at radius 3 is 2.75 bits per heavy atom. The van der Waals surface area contributed by atoms with Crippen LogP contribution in [0.25, 0.3) is 11.1 Å². The fourth-order valence-corrected chi connectivity index (χ4v) is 2.09. The van der Waals surface area contributed by atoms with Gasteiger partial charge in [-0.3, -0.25) is 0 Å². The van der Waals surface area contributed by atoms with Gasteiger partial charge in [0, 0.05) is 0 Å². The lowest BCUT2D eigenvalue weighted by Gasteiger charge is -2.03. The summed E-state index contributed by atoms with van der Waals surface area (Å²) >= 11 is 1.52. The molecule has 16 heavy (non-hydrogen) atoms. The first-order chi connectivity index (χ1) is 7.70. The van der Waals surface area contributed by atoms with Crippen LogP contribution in [0.4, 0.5) is 4.39 Å². The van der Waals surface area contributed by atoms with E-state index < -0.39 is 11.8 Å². The van der Waals surface area contributed by atoms with E-state index in [9.17, 15) is 9.18 Å². The lowest BCUT2D eigenvalue weighted by molar-refractivity contribution is 0.0600. The van der Waals surface area contributed by atoms with E-state index in [-0.39, 0.29) is 5.56 Å². The van der Waals surface area contributed by atoms with Crippen LogP contribution < -0.4 is 0 Å². The highest BCUT2D eigenvalue weighted by Crippen LogP contribution is 2.24. The van der Waals surface area contributed by atoms with Crippen LogP contribution in [-0.2, 0) is 4.74 Å². The molecule has 0 bridgehead atoms. The zero-order chi connectivity index (χ0) is 11.5. The average Bonchev–Trinajstić information content (AvgIpc) is 2.80. The van der Waals surface area contributed by atoms with Crippen molar-refractivity contribution in [1.82, 2.24) is 0 Å². The van der Waals surface area contributed by atoms with Crippen molar-refractivity contribution < 1.29 is 13.9 Å². The molecular formula is C12H9FO2S. The van der Waals surface area contributed by atoms with Crippen LogP contribution >= 0.6 is 11.3 Å². The Balaban J connectivity index is 2.48. The number of halogens is 1. The summed E-state index contributed by atoms with van der Waals surface area (Å²) in [5, 5.41) is 3.80.